The monoisotopic (exact) mass is 331 g/mol. The summed E-state index contributed by atoms with van der Waals surface area (Å²) in [5.74, 6) is 0.224. The summed E-state index contributed by atoms with van der Waals surface area (Å²) >= 11 is 5.86. The Hall–Kier alpha value is -0.760. The Labute approximate surface area is 125 Å². The molecule has 114 valence electrons. The fourth-order valence-electron chi connectivity index (χ4n) is 2.18. The van der Waals surface area contributed by atoms with Crippen LogP contribution in [0.1, 0.15) is 12.0 Å². The van der Waals surface area contributed by atoms with Crippen LogP contribution in [0, 0.1) is 0 Å². The number of nitrogens with zero attached hydrogens (tertiary/aromatic N) is 2. The Morgan fingerprint density at radius 3 is 2.65 bits per heavy atom. The molecule has 9 heteroatoms. The van der Waals surface area contributed by atoms with Crippen LogP contribution in [0.5, 0.6) is 0 Å². The van der Waals surface area contributed by atoms with Crippen LogP contribution in [0.4, 0.5) is 19.0 Å². The number of hydrogen-bond acceptors (Lipinski definition) is 4. The molecule has 0 spiro atoms. The Morgan fingerprint density at radius 2 is 2.15 bits per heavy atom. The molecule has 2 rings (SSSR count). The summed E-state index contributed by atoms with van der Waals surface area (Å²) in [6, 6.07) is 0.413. The van der Waals surface area contributed by atoms with Gasteiger partial charge in [0.15, 0.2) is 0 Å². The number of rotatable bonds is 2. The van der Waals surface area contributed by atoms with Crippen molar-refractivity contribution in [1.82, 2.24) is 4.98 Å². The number of aliphatic hydroxyl groups is 1. The molecule has 4 nitrogen and oxygen atoms in total. The van der Waals surface area contributed by atoms with Crippen LogP contribution in [0.15, 0.2) is 12.3 Å². The molecule has 0 aliphatic carbocycles. The molecule has 0 bridgehead atoms. The van der Waals surface area contributed by atoms with E-state index in [2.05, 4.69) is 4.98 Å². The quantitative estimate of drug-likeness (QED) is 0.870. The highest BCUT2D eigenvalue weighted by Crippen LogP contribution is 2.35. The standard InChI is InChI=1S/C11H13ClF3N3O.ClH/c12-9-1-6(11(13,14)15)3-17-10(9)18-4-7(16)2-8(18)5-19;/h1,3,7-8,19H,2,4-5,16H2;1H/t7-,8+;/m1./s1. The maximum Gasteiger partial charge on any atom is 0.417 e. The zero-order valence-electron chi connectivity index (χ0n) is 10.3. The lowest BCUT2D eigenvalue weighted by Gasteiger charge is -2.25. The summed E-state index contributed by atoms with van der Waals surface area (Å²) in [6.07, 6.45) is -3.19. The van der Waals surface area contributed by atoms with Gasteiger partial charge in [0.25, 0.3) is 0 Å². The predicted molar refractivity (Wildman–Crippen MR) is 72.3 cm³/mol. The summed E-state index contributed by atoms with van der Waals surface area (Å²) in [7, 11) is 0. The van der Waals surface area contributed by atoms with Gasteiger partial charge in [0, 0.05) is 18.8 Å². The lowest BCUT2D eigenvalue weighted by atomic mass is 10.2. The van der Waals surface area contributed by atoms with E-state index in [1.54, 1.807) is 4.90 Å². The summed E-state index contributed by atoms with van der Waals surface area (Å²) in [5, 5.41) is 9.15. The lowest BCUT2D eigenvalue weighted by Crippen LogP contribution is -2.33. The molecule has 0 saturated carbocycles. The molecule has 1 aromatic rings. The molecular weight excluding hydrogens is 318 g/mol. The van der Waals surface area contributed by atoms with E-state index in [0.29, 0.717) is 13.0 Å². The van der Waals surface area contributed by atoms with Crippen molar-refractivity contribution in [3.63, 3.8) is 0 Å². The number of nitrogens with two attached hydrogens (primary N) is 1. The highest BCUT2D eigenvalue weighted by atomic mass is 35.5. The van der Waals surface area contributed by atoms with Crippen LogP contribution in [-0.4, -0.2) is 35.3 Å². The van der Waals surface area contributed by atoms with Crippen LogP contribution in [0.25, 0.3) is 0 Å². The normalized spacial score (nSPS) is 22.8. The van der Waals surface area contributed by atoms with E-state index in [1.807, 2.05) is 0 Å². The Balaban J connectivity index is 0.00000200. The lowest BCUT2D eigenvalue weighted by molar-refractivity contribution is -0.137. The average Bonchev–Trinajstić information content (AvgIpc) is 2.69. The molecular formula is C11H14Cl2F3N3O. The van der Waals surface area contributed by atoms with Gasteiger partial charge in [0.2, 0.25) is 0 Å². The number of aliphatic hydroxyl groups excluding tert-OH is 1. The minimum Gasteiger partial charge on any atom is -0.394 e. The first-order chi connectivity index (χ1) is 8.82. The minimum atomic E-state index is -4.48. The van der Waals surface area contributed by atoms with Crippen molar-refractivity contribution in [2.75, 3.05) is 18.1 Å². The summed E-state index contributed by atoms with van der Waals surface area (Å²) in [5.41, 5.74) is 4.88. The maximum atomic E-state index is 12.5. The second kappa shape index (κ2) is 6.34. The van der Waals surface area contributed by atoms with Crippen LogP contribution >= 0.6 is 24.0 Å². The van der Waals surface area contributed by atoms with Gasteiger partial charge in [-0.2, -0.15) is 13.2 Å². The third kappa shape index (κ3) is 3.46. The van der Waals surface area contributed by atoms with Gasteiger partial charge in [0.1, 0.15) is 5.82 Å². The van der Waals surface area contributed by atoms with Crippen molar-refractivity contribution in [1.29, 1.82) is 0 Å². The average molecular weight is 332 g/mol. The first-order valence-corrected chi connectivity index (χ1v) is 6.06. The van der Waals surface area contributed by atoms with Gasteiger partial charge in [-0.1, -0.05) is 11.6 Å². The molecule has 1 aliphatic heterocycles. The second-order valence-corrected chi connectivity index (χ2v) is 4.92. The van der Waals surface area contributed by atoms with E-state index in [4.69, 9.17) is 17.3 Å². The Morgan fingerprint density at radius 1 is 1.50 bits per heavy atom. The van der Waals surface area contributed by atoms with Crippen LogP contribution < -0.4 is 10.6 Å². The van der Waals surface area contributed by atoms with Crippen molar-refractivity contribution in [2.45, 2.75) is 24.7 Å². The van der Waals surface area contributed by atoms with Crippen molar-refractivity contribution in [3.8, 4) is 0 Å². The fraction of sp³-hybridized carbons (Fsp3) is 0.545. The number of hydrogen-bond donors (Lipinski definition) is 2. The molecule has 0 aromatic carbocycles. The molecule has 0 amide bonds. The smallest absolute Gasteiger partial charge is 0.394 e. The van der Waals surface area contributed by atoms with Gasteiger partial charge >= 0.3 is 6.18 Å². The largest absolute Gasteiger partial charge is 0.417 e. The molecule has 20 heavy (non-hydrogen) atoms. The highest BCUT2D eigenvalue weighted by Gasteiger charge is 2.35. The summed E-state index contributed by atoms with van der Waals surface area (Å²) in [6.45, 7) is 0.260. The first-order valence-electron chi connectivity index (χ1n) is 5.68. The van der Waals surface area contributed by atoms with Gasteiger partial charge in [0.05, 0.1) is 23.2 Å². The van der Waals surface area contributed by atoms with Crippen LogP contribution in [-0.2, 0) is 6.18 Å². The van der Waals surface area contributed by atoms with Gasteiger partial charge in [-0.3, -0.25) is 0 Å². The molecule has 3 N–H and O–H groups in total. The van der Waals surface area contributed by atoms with Crippen molar-refractivity contribution < 1.29 is 18.3 Å². The summed E-state index contributed by atoms with van der Waals surface area (Å²) in [4.78, 5) is 5.41. The van der Waals surface area contributed by atoms with Crippen molar-refractivity contribution >= 4 is 29.8 Å². The van der Waals surface area contributed by atoms with E-state index in [9.17, 15) is 18.3 Å². The minimum absolute atomic E-state index is 0. The van der Waals surface area contributed by atoms with Crippen LogP contribution in [0.2, 0.25) is 5.02 Å². The van der Waals surface area contributed by atoms with Crippen molar-refractivity contribution in [2.24, 2.45) is 5.73 Å². The second-order valence-electron chi connectivity index (χ2n) is 4.51. The Bertz CT molecular complexity index is 473. The van der Waals surface area contributed by atoms with E-state index < -0.39 is 11.7 Å². The SMILES string of the molecule is Cl.N[C@@H]1C[C@@H](CO)N(c2ncc(C(F)(F)F)cc2Cl)C1. The number of anilines is 1. The number of alkyl halides is 3. The van der Waals surface area contributed by atoms with E-state index >= 15 is 0 Å². The first kappa shape index (κ1) is 17.3. The van der Waals surface area contributed by atoms with Gasteiger partial charge in [-0.05, 0) is 12.5 Å². The zero-order chi connectivity index (χ0) is 14.2. The van der Waals surface area contributed by atoms with E-state index in [0.717, 1.165) is 12.3 Å². The summed E-state index contributed by atoms with van der Waals surface area (Å²) < 4.78 is 37.5. The molecule has 0 unspecified atom stereocenters. The molecule has 0 radical (unpaired) electrons. The predicted octanol–water partition coefficient (Wildman–Crippen LogP) is 2.07. The van der Waals surface area contributed by atoms with Gasteiger partial charge in [-0.15, -0.1) is 12.4 Å². The van der Waals surface area contributed by atoms with Crippen LogP contribution in [0.3, 0.4) is 0 Å². The molecule has 2 atom stereocenters. The maximum absolute atomic E-state index is 12.5. The topological polar surface area (TPSA) is 62.4 Å². The molecule has 1 fully saturated rings. The highest BCUT2D eigenvalue weighted by molar-refractivity contribution is 6.33. The number of halogens is 5. The molecule has 2 heterocycles. The number of pyridine rings is 1. The van der Waals surface area contributed by atoms with Gasteiger partial charge in [-0.25, -0.2) is 4.98 Å². The third-order valence-corrected chi connectivity index (χ3v) is 3.36. The molecule has 1 saturated heterocycles. The number of aromatic nitrogens is 1. The van der Waals surface area contributed by atoms with E-state index in [-0.39, 0.29) is 41.9 Å². The molecule has 1 aromatic heterocycles. The Kier molecular flexibility index (Phi) is 5.48. The molecule has 1 aliphatic rings. The third-order valence-electron chi connectivity index (χ3n) is 3.08. The van der Waals surface area contributed by atoms with E-state index in [1.165, 1.54) is 0 Å². The van der Waals surface area contributed by atoms with Gasteiger partial charge < -0.3 is 15.7 Å². The zero-order valence-corrected chi connectivity index (χ0v) is 11.8. The fourth-order valence-corrected chi connectivity index (χ4v) is 2.46. The van der Waals surface area contributed by atoms with Crippen molar-refractivity contribution in [3.05, 3.63) is 22.8 Å².